The molecule has 2 heterocycles. The third-order valence-corrected chi connectivity index (χ3v) is 5.51. The van der Waals surface area contributed by atoms with Gasteiger partial charge in [-0.2, -0.15) is 0 Å². The van der Waals surface area contributed by atoms with Crippen molar-refractivity contribution in [2.75, 3.05) is 5.32 Å². The maximum Gasteiger partial charge on any atom is 0.224 e. The second kappa shape index (κ2) is 5.58. The monoisotopic (exact) mass is 305 g/mol. The quantitative estimate of drug-likeness (QED) is 0.830. The molecule has 1 aromatic carbocycles. The van der Waals surface area contributed by atoms with Gasteiger partial charge in [0, 0.05) is 21.9 Å². The average Bonchev–Trinajstić information content (AvgIpc) is 2.95. The van der Waals surface area contributed by atoms with Crippen molar-refractivity contribution in [1.82, 2.24) is 0 Å². The molecule has 2 aromatic rings. The standard InChI is InChI=1S/C16H16ClNOS/c1-2-12-5-7-14(20-12)16(17)11-3-6-13-10(9-11)4-8-15(19)18-13/h3,5-7,9,16H,2,4,8H2,1H3,(H,18,19). The number of thiophene rings is 1. The Morgan fingerprint density at radius 3 is 2.90 bits per heavy atom. The van der Waals surface area contributed by atoms with E-state index in [1.54, 1.807) is 11.3 Å². The van der Waals surface area contributed by atoms with E-state index >= 15 is 0 Å². The molecule has 2 nitrogen and oxygen atoms in total. The molecule has 0 saturated carbocycles. The minimum absolute atomic E-state index is 0.0958. The molecular formula is C16H16ClNOS. The molecule has 104 valence electrons. The van der Waals surface area contributed by atoms with Crippen molar-refractivity contribution in [3.05, 3.63) is 51.2 Å². The molecule has 0 fully saturated rings. The van der Waals surface area contributed by atoms with Crippen LogP contribution in [0, 0.1) is 0 Å². The normalized spacial score (nSPS) is 15.6. The van der Waals surface area contributed by atoms with Crippen LogP contribution in [0.15, 0.2) is 30.3 Å². The number of rotatable bonds is 3. The first kappa shape index (κ1) is 13.7. The van der Waals surface area contributed by atoms with Crippen LogP contribution >= 0.6 is 22.9 Å². The minimum Gasteiger partial charge on any atom is -0.326 e. The second-order valence-corrected chi connectivity index (χ2v) is 6.62. The van der Waals surface area contributed by atoms with Gasteiger partial charge in [-0.15, -0.1) is 22.9 Å². The van der Waals surface area contributed by atoms with Crippen LogP contribution in [0.4, 0.5) is 5.69 Å². The lowest BCUT2D eigenvalue weighted by Crippen LogP contribution is -2.19. The number of halogens is 1. The fraction of sp³-hybridized carbons (Fsp3) is 0.312. The summed E-state index contributed by atoms with van der Waals surface area (Å²) in [5.41, 5.74) is 3.21. The number of hydrogen-bond donors (Lipinski definition) is 1. The van der Waals surface area contributed by atoms with Gasteiger partial charge >= 0.3 is 0 Å². The van der Waals surface area contributed by atoms with Crippen LogP contribution in [0.5, 0.6) is 0 Å². The summed E-state index contributed by atoms with van der Waals surface area (Å²) in [6.07, 6.45) is 2.40. The molecule has 1 atom stereocenters. The van der Waals surface area contributed by atoms with Crippen LogP contribution in [-0.4, -0.2) is 5.91 Å². The summed E-state index contributed by atoms with van der Waals surface area (Å²) in [6, 6.07) is 10.4. The van der Waals surface area contributed by atoms with Gasteiger partial charge in [0.25, 0.3) is 0 Å². The summed E-state index contributed by atoms with van der Waals surface area (Å²) in [5.74, 6) is 0.0958. The molecule has 1 aliphatic rings. The van der Waals surface area contributed by atoms with Crippen LogP contribution in [0.1, 0.15) is 39.6 Å². The number of alkyl halides is 1. The van der Waals surface area contributed by atoms with Gasteiger partial charge in [-0.1, -0.05) is 19.1 Å². The predicted octanol–water partition coefficient (Wildman–Crippen LogP) is 4.52. The van der Waals surface area contributed by atoms with Crippen molar-refractivity contribution in [2.45, 2.75) is 31.6 Å². The molecule has 1 aromatic heterocycles. The van der Waals surface area contributed by atoms with Gasteiger partial charge in [-0.05, 0) is 42.2 Å². The number of carbonyl (C=O) groups is 1. The molecule has 0 bridgehead atoms. The van der Waals surface area contributed by atoms with E-state index in [2.05, 4.69) is 30.4 Å². The third-order valence-electron chi connectivity index (χ3n) is 3.60. The van der Waals surface area contributed by atoms with Crippen LogP contribution in [0.3, 0.4) is 0 Å². The smallest absolute Gasteiger partial charge is 0.224 e. The van der Waals surface area contributed by atoms with E-state index in [1.165, 1.54) is 15.3 Å². The zero-order valence-electron chi connectivity index (χ0n) is 11.3. The molecular weight excluding hydrogens is 290 g/mol. The molecule has 1 amide bonds. The second-order valence-electron chi connectivity index (χ2n) is 4.98. The number of carbonyl (C=O) groups excluding carboxylic acids is 1. The summed E-state index contributed by atoms with van der Waals surface area (Å²) >= 11 is 8.37. The van der Waals surface area contributed by atoms with E-state index in [0.29, 0.717) is 6.42 Å². The minimum atomic E-state index is -0.108. The summed E-state index contributed by atoms with van der Waals surface area (Å²) in [5, 5.41) is 2.79. The molecule has 0 radical (unpaired) electrons. The van der Waals surface area contributed by atoms with E-state index < -0.39 is 0 Å². The number of hydrogen-bond acceptors (Lipinski definition) is 2. The number of benzene rings is 1. The van der Waals surface area contributed by atoms with Gasteiger partial charge in [-0.3, -0.25) is 4.79 Å². The molecule has 0 saturated heterocycles. The Labute approximate surface area is 127 Å². The van der Waals surface area contributed by atoms with Gasteiger partial charge in [-0.25, -0.2) is 0 Å². The first-order valence-electron chi connectivity index (χ1n) is 6.82. The molecule has 1 unspecified atom stereocenters. The first-order chi connectivity index (χ1) is 9.67. The van der Waals surface area contributed by atoms with Gasteiger partial charge < -0.3 is 5.32 Å². The largest absolute Gasteiger partial charge is 0.326 e. The van der Waals surface area contributed by atoms with E-state index in [-0.39, 0.29) is 11.3 Å². The number of anilines is 1. The maximum atomic E-state index is 11.4. The zero-order chi connectivity index (χ0) is 14.1. The molecule has 1 N–H and O–H groups in total. The number of aryl methyl sites for hydroxylation is 2. The maximum absolute atomic E-state index is 11.4. The Hall–Kier alpha value is -1.32. The molecule has 20 heavy (non-hydrogen) atoms. The van der Waals surface area contributed by atoms with Crippen molar-refractivity contribution in [1.29, 1.82) is 0 Å². The highest BCUT2D eigenvalue weighted by Crippen LogP contribution is 2.36. The fourth-order valence-corrected chi connectivity index (χ4v) is 3.75. The lowest BCUT2D eigenvalue weighted by atomic mass is 9.99. The summed E-state index contributed by atoms with van der Waals surface area (Å²) in [7, 11) is 0. The topological polar surface area (TPSA) is 29.1 Å². The number of fused-ring (bicyclic) bond motifs is 1. The fourth-order valence-electron chi connectivity index (χ4n) is 2.45. The summed E-state index contributed by atoms with van der Waals surface area (Å²) < 4.78 is 0. The highest BCUT2D eigenvalue weighted by Gasteiger charge is 2.18. The van der Waals surface area contributed by atoms with Crippen LogP contribution < -0.4 is 5.32 Å². The number of nitrogens with one attached hydrogen (secondary N) is 1. The Bertz CT molecular complexity index is 650. The Morgan fingerprint density at radius 2 is 2.15 bits per heavy atom. The van der Waals surface area contributed by atoms with Crippen molar-refractivity contribution in [2.24, 2.45) is 0 Å². The van der Waals surface area contributed by atoms with E-state index in [4.69, 9.17) is 11.6 Å². The third kappa shape index (κ3) is 2.60. The van der Waals surface area contributed by atoms with E-state index in [0.717, 1.165) is 24.1 Å². The zero-order valence-corrected chi connectivity index (χ0v) is 12.9. The van der Waals surface area contributed by atoms with Crippen molar-refractivity contribution in [3.63, 3.8) is 0 Å². The van der Waals surface area contributed by atoms with Gasteiger partial charge in [0.15, 0.2) is 0 Å². The van der Waals surface area contributed by atoms with Crippen LogP contribution in [0.25, 0.3) is 0 Å². The average molecular weight is 306 g/mol. The highest BCUT2D eigenvalue weighted by atomic mass is 35.5. The van der Waals surface area contributed by atoms with Crippen LogP contribution in [-0.2, 0) is 17.6 Å². The van der Waals surface area contributed by atoms with Crippen molar-refractivity contribution in [3.8, 4) is 0 Å². The first-order valence-corrected chi connectivity index (χ1v) is 8.08. The predicted molar refractivity (Wildman–Crippen MR) is 84.8 cm³/mol. The number of amides is 1. The highest BCUT2D eigenvalue weighted by molar-refractivity contribution is 7.12. The van der Waals surface area contributed by atoms with Crippen molar-refractivity contribution >= 4 is 34.5 Å². The van der Waals surface area contributed by atoms with E-state index in [1.807, 2.05) is 12.1 Å². The molecule has 4 heteroatoms. The van der Waals surface area contributed by atoms with E-state index in [9.17, 15) is 4.79 Å². The lowest BCUT2D eigenvalue weighted by molar-refractivity contribution is -0.116. The molecule has 0 spiro atoms. The summed E-state index contributed by atoms with van der Waals surface area (Å²) in [6.45, 7) is 2.15. The molecule has 3 rings (SSSR count). The van der Waals surface area contributed by atoms with Crippen molar-refractivity contribution < 1.29 is 4.79 Å². The summed E-state index contributed by atoms with van der Waals surface area (Å²) in [4.78, 5) is 13.9. The SMILES string of the molecule is CCc1ccc(C(Cl)c2ccc3c(c2)CCC(=O)N3)s1. The Kier molecular flexibility index (Phi) is 3.81. The van der Waals surface area contributed by atoms with Crippen LogP contribution in [0.2, 0.25) is 0 Å². The van der Waals surface area contributed by atoms with Gasteiger partial charge in [0.2, 0.25) is 5.91 Å². The Balaban J connectivity index is 1.88. The lowest BCUT2D eigenvalue weighted by Gasteiger charge is -2.18. The Morgan fingerprint density at radius 1 is 1.30 bits per heavy atom. The molecule has 1 aliphatic heterocycles. The van der Waals surface area contributed by atoms with Gasteiger partial charge in [0.1, 0.15) is 0 Å². The van der Waals surface area contributed by atoms with Gasteiger partial charge in [0.05, 0.1) is 5.38 Å². The molecule has 0 aliphatic carbocycles.